The van der Waals surface area contributed by atoms with Crippen molar-refractivity contribution in [1.82, 2.24) is 0 Å². The van der Waals surface area contributed by atoms with Gasteiger partial charge in [0.05, 0.1) is 18.6 Å². The predicted molar refractivity (Wildman–Crippen MR) is 52.1 cm³/mol. The summed E-state index contributed by atoms with van der Waals surface area (Å²) in [7, 11) is 1.39. The van der Waals surface area contributed by atoms with Crippen LogP contribution in [0.4, 0.5) is 5.69 Å². The standard InChI is InChI=1S/C9H9NO2S/c1-12-9(11)6-2-3-7-8(4-6)13-5-10-7/h2-4,10H,5H2,1H3. The van der Waals surface area contributed by atoms with E-state index in [0.717, 1.165) is 16.5 Å². The minimum Gasteiger partial charge on any atom is -0.465 e. The van der Waals surface area contributed by atoms with E-state index in [0.29, 0.717) is 5.56 Å². The summed E-state index contributed by atoms with van der Waals surface area (Å²) in [5.74, 6) is 0.593. The fourth-order valence-electron chi connectivity index (χ4n) is 1.22. The topological polar surface area (TPSA) is 38.3 Å². The van der Waals surface area contributed by atoms with Crippen molar-refractivity contribution in [2.24, 2.45) is 0 Å². The Labute approximate surface area is 80.5 Å². The van der Waals surface area contributed by atoms with Crippen molar-refractivity contribution in [3.05, 3.63) is 23.8 Å². The van der Waals surface area contributed by atoms with E-state index in [-0.39, 0.29) is 5.97 Å². The summed E-state index contributed by atoms with van der Waals surface area (Å²) in [5.41, 5.74) is 1.70. The van der Waals surface area contributed by atoms with Crippen molar-refractivity contribution in [3.63, 3.8) is 0 Å². The Bertz CT molecular complexity index is 351. The summed E-state index contributed by atoms with van der Waals surface area (Å²) in [6.07, 6.45) is 0. The summed E-state index contributed by atoms with van der Waals surface area (Å²) in [6.45, 7) is 0. The van der Waals surface area contributed by atoms with Crippen molar-refractivity contribution in [2.45, 2.75) is 4.90 Å². The fraction of sp³-hybridized carbons (Fsp3) is 0.222. The molecule has 1 aliphatic heterocycles. The van der Waals surface area contributed by atoms with E-state index in [1.165, 1.54) is 7.11 Å². The summed E-state index contributed by atoms with van der Waals surface area (Å²) >= 11 is 1.69. The number of carbonyl (C=O) groups excluding carboxylic acids is 1. The van der Waals surface area contributed by atoms with Crippen molar-refractivity contribution >= 4 is 23.4 Å². The normalized spacial score (nSPS) is 13.3. The van der Waals surface area contributed by atoms with Crippen LogP contribution in [-0.4, -0.2) is 19.0 Å². The van der Waals surface area contributed by atoms with Crippen LogP contribution >= 0.6 is 11.8 Å². The number of methoxy groups -OCH3 is 1. The molecule has 0 unspecified atom stereocenters. The third-order valence-electron chi connectivity index (χ3n) is 1.89. The van der Waals surface area contributed by atoms with Gasteiger partial charge in [-0.1, -0.05) is 0 Å². The van der Waals surface area contributed by atoms with Crippen LogP contribution in [0.15, 0.2) is 23.1 Å². The summed E-state index contributed by atoms with van der Waals surface area (Å²) in [5, 5.41) is 3.20. The molecule has 0 atom stereocenters. The largest absolute Gasteiger partial charge is 0.465 e. The first-order valence-electron chi connectivity index (χ1n) is 3.90. The van der Waals surface area contributed by atoms with E-state index in [9.17, 15) is 4.79 Å². The summed E-state index contributed by atoms with van der Waals surface area (Å²) < 4.78 is 4.63. The molecular formula is C9H9NO2S. The maximum Gasteiger partial charge on any atom is 0.337 e. The Morgan fingerprint density at radius 2 is 2.46 bits per heavy atom. The van der Waals surface area contributed by atoms with Crippen molar-refractivity contribution in [3.8, 4) is 0 Å². The number of anilines is 1. The molecule has 0 radical (unpaired) electrons. The molecule has 0 bridgehead atoms. The van der Waals surface area contributed by atoms with Gasteiger partial charge in [0.2, 0.25) is 0 Å². The number of ether oxygens (including phenoxy) is 1. The van der Waals surface area contributed by atoms with Crippen molar-refractivity contribution in [1.29, 1.82) is 0 Å². The highest BCUT2D eigenvalue weighted by molar-refractivity contribution is 7.99. The van der Waals surface area contributed by atoms with Crippen molar-refractivity contribution < 1.29 is 9.53 Å². The Morgan fingerprint density at radius 3 is 3.23 bits per heavy atom. The second kappa shape index (κ2) is 3.30. The van der Waals surface area contributed by atoms with Crippen LogP contribution in [0, 0.1) is 0 Å². The highest BCUT2D eigenvalue weighted by atomic mass is 32.2. The SMILES string of the molecule is COC(=O)c1ccc2c(c1)SCN2. The van der Waals surface area contributed by atoms with E-state index >= 15 is 0 Å². The maximum absolute atomic E-state index is 11.2. The zero-order chi connectivity index (χ0) is 9.26. The maximum atomic E-state index is 11.2. The summed E-state index contributed by atoms with van der Waals surface area (Å²) in [6, 6.07) is 5.52. The van der Waals surface area contributed by atoms with E-state index < -0.39 is 0 Å². The molecule has 0 aromatic heterocycles. The van der Waals surface area contributed by atoms with Gasteiger partial charge in [-0.25, -0.2) is 4.79 Å². The number of thioether (sulfide) groups is 1. The minimum absolute atomic E-state index is 0.282. The molecule has 1 aliphatic rings. The zero-order valence-corrected chi connectivity index (χ0v) is 7.98. The fourth-order valence-corrected chi connectivity index (χ4v) is 2.11. The van der Waals surface area contributed by atoms with Gasteiger partial charge in [0.15, 0.2) is 0 Å². The molecule has 0 fully saturated rings. The molecule has 2 rings (SSSR count). The van der Waals surface area contributed by atoms with Crippen molar-refractivity contribution in [2.75, 3.05) is 18.3 Å². The van der Waals surface area contributed by atoms with E-state index in [2.05, 4.69) is 10.1 Å². The van der Waals surface area contributed by atoms with Crippen LogP contribution in [0.25, 0.3) is 0 Å². The number of rotatable bonds is 1. The van der Waals surface area contributed by atoms with E-state index in [1.54, 1.807) is 17.8 Å². The molecule has 68 valence electrons. The first kappa shape index (κ1) is 8.44. The number of carbonyl (C=O) groups is 1. The lowest BCUT2D eigenvalue weighted by atomic mass is 10.2. The molecule has 0 saturated carbocycles. The molecule has 1 N–H and O–H groups in total. The van der Waals surface area contributed by atoms with Crippen LogP contribution in [0.3, 0.4) is 0 Å². The molecule has 13 heavy (non-hydrogen) atoms. The van der Waals surface area contributed by atoms with Gasteiger partial charge in [-0.3, -0.25) is 0 Å². The van der Waals surface area contributed by atoms with Gasteiger partial charge in [-0.15, -0.1) is 11.8 Å². The molecule has 1 aromatic rings. The first-order chi connectivity index (χ1) is 6.31. The lowest BCUT2D eigenvalue weighted by Gasteiger charge is -2.01. The quantitative estimate of drug-likeness (QED) is 0.695. The van der Waals surface area contributed by atoms with E-state index in [4.69, 9.17) is 0 Å². The number of esters is 1. The number of nitrogens with one attached hydrogen (secondary N) is 1. The number of hydrogen-bond acceptors (Lipinski definition) is 4. The molecule has 1 heterocycles. The number of benzene rings is 1. The van der Waals surface area contributed by atoms with Gasteiger partial charge >= 0.3 is 5.97 Å². The highest BCUT2D eigenvalue weighted by Crippen LogP contribution is 2.34. The lowest BCUT2D eigenvalue weighted by molar-refractivity contribution is 0.0600. The van der Waals surface area contributed by atoms with Crippen LogP contribution in [-0.2, 0) is 4.74 Å². The van der Waals surface area contributed by atoms with Gasteiger partial charge in [0, 0.05) is 10.6 Å². The third kappa shape index (κ3) is 1.49. The Kier molecular flexibility index (Phi) is 2.14. The van der Waals surface area contributed by atoms with Gasteiger partial charge in [-0.05, 0) is 18.2 Å². The molecular weight excluding hydrogens is 186 g/mol. The van der Waals surface area contributed by atoms with Gasteiger partial charge < -0.3 is 10.1 Å². The minimum atomic E-state index is -0.282. The second-order valence-corrected chi connectivity index (χ2v) is 3.69. The lowest BCUT2D eigenvalue weighted by Crippen LogP contribution is -2.00. The van der Waals surface area contributed by atoms with Gasteiger partial charge in [0.1, 0.15) is 0 Å². The predicted octanol–water partition coefficient (Wildman–Crippen LogP) is 1.95. The average molecular weight is 195 g/mol. The molecule has 3 nitrogen and oxygen atoms in total. The Hall–Kier alpha value is -1.16. The van der Waals surface area contributed by atoms with Crippen LogP contribution < -0.4 is 5.32 Å². The van der Waals surface area contributed by atoms with Crippen LogP contribution in [0.1, 0.15) is 10.4 Å². The number of hydrogen-bond donors (Lipinski definition) is 1. The third-order valence-corrected chi connectivity index (χ3v) is 2.83. The number of fused-ring (bicyclic) bond motifs is 1. The monoisotopic (exact) mass is 195 g/mol. The molecule has 0 spiro atoms. The smallest absolute Gasteiger partial charge is 0.337 e. The average Bonchev–Trinajstić information content (AvgIpc) is 2.63. The Balaban J connectivity index is 2.36. The second-order valence-electron chi connectivity index (χ2n) is 2.67. The zero-order valence-electron chi connectivity index (χ0n) is 7.16. The molecule has 4 heteroatoms. The summed E-state index contributed by atoms with van der Waals surface area (Å²) in [4.78, 5) is 12.3. The molecule has 0 amide bonds. The molecule has 0 aliphatic carbocycles. The Morgan fingerprint density at radius 1 is 1.62 bits per heavy atom. The van der Waals surface area contributed by atoms with Crippen LogP contribution in [0.5, 0.6) is 0 Å². The molecule has 1 aromatic carbocycles. The van der Waals surface area contributed by atoms with Gasteiger partial charge in [-0.2, -0.15) is 0 Å². The molecule has 0 saturated heterocycles. The first-order valence-corrected chi connectivity index (χ1v) is 4.89. The van der Waals surface area contributed by atoms with Crippen LogP contribution in [0.2, 0.25) is 0 Å². The highest BCUT2D eigenvalue weighted by Gasteiger charge is 2.13. The van der Waals surface area contributed by atoms with E-state index in [1.807, 2.05) is 12.1 Å². The van der Waals surface area contributed by atoms with Gasteiger partial charge in [0.25, 0.3) is 0 Å².